The average Bonchev–Trinajstić information content (AvgIpc) is 2.59. The summed E-state index contributed by atoms with van der Waals surface area (Å²) >= 11 is 6.04. The Hall–Kier alpha value is -2.46. The molecule has 0 saturated carbocycles. The van der Waals surface area contributed by atoms with Crippen LogP contribution < -0.4 is 14.8 Å². The van der Waals surface area contributed by atoms with Gasteiger partial charge in [0.25, 0.3) is 0 Å². The van der Waals surface area contributed by atoms with Gasteiger partial charge in [0, 0.05) is 11.1 Å². The Labute approximate surface area is 147 Å². The van der Waals surface area contributed by atoms with Gasteiger partial charge in [-0.1, -0.05) is 29.8 Å². The van der Waals surface area contributed by atoms with Crippen molar-refractivity contribution in [2.45, 2.75) is 13.0 Å². The molecule has 0 saturated heterocycles. The van der Waals surface area contributed by atoms with Crippen LogP contribution in [0.25, 0.3) is 6.08 Å². The summed E-state index contributed by atoms with van der Waals surface area (Å²) in [5.74, 6) is 1.30. The number of ether oxygens (including phenoxy) is 2. The number of carbonyl (C=O) groups is 1. The summed E-state index contributed by atoms with van der Waals surface area (Å²) in [5.41, 5.74) is 0.802. The molecule has 0 fully saturated rings. The van der Waals surface area contributed by atoms with Crippen LogP contribution in [-0.2, 0) is 4.79 Å². The summed E-state index contributed by atoms with van der Waals surface area (Å²) in [4.78, 5) is 11.9. The van der Waals surface area contributed by atoms with Crippen LogP contribution in [-0.4, -0.2) is 25.7 Å². The van der Waals surface area contributed by atoms with E-state index in [-0.39, 0.29) is 11.9 Å². The van der Waals surface area contributed by atoms with Gasteiger partial charge in [-0.3, -0.25) is 4.79 Å². The fourth-order valence-electron chi connectivity index (χ4n) is 2.00. The van der Waals surface area contributed by atoms with Gasteiger partial charge >= 0.3 is 0 Å². The Morgan fingerprint density at radius 2 is 1.83 bits per heavy atom. The summed E-state index contributed by atoms with van der Waals surface area (Å²) < 4.78 is 10.7. The standard InChI is InChI=1S/C19H20ClNO3/c1-14(13-24-17-10-8-16(23-2)9-11-17)21-19(22)12-7-15-5-3-4-6-18(15)20/h3-12,14H,13H2,1-2H3,(H,21,22)/b12-7+. The van der Waals surface area contributed by atoms with Crippen LogP contribution >= 0.6 is 11.6 Å². The Morgan fingerprint density at radius 1 is 1.17 bits per heavy atom. The molecule has 1 N–H and O–H groups in total. The predicted molar refractivity (Wildman–Crippen MR) is 96.6 cm³/mol. The maximum Gasteiger partial charge on any atom is 0.244 e. The second kappa shape index (κ2) is 8.99. The molecule has 1 atom stereocenters. The maximum absolute atomic E-state index is 11.9. The van der Waals surface area contributed by atoms with Crippen LogP contribution in [0, 0.1) is 0 Å². The molecule has 24 heavy (non-hydrogen) atoms. The smallest absolute Gasteiger partial charge is 0.244 e. The second-order valence-electron chi connectivity index (χ2n) is 5.25. The monoisotopic (exact) mass is 345 g/mol. The van der Waals surface area contributed by atoms with Crippen molar-refractivity contribution in [2.75, 3.05) is 13.7 Å². The van der Waals surface area contributed by atoms with Crippen molar-refractivity contribution in [3.63, 3.8) is 0 Å². The highest BCUT2D eigenvalue weighted by molar-refractivity contribution is 6.32. The van der Waals surface area contributed by atoms with Crippen molar-refractivity contribution in [3.05, 3.63) is 65.2 Å². The first kappa shape index (κ1) is 17.9. The third-order valence-electron chi connectivity index (χ3n) is 3.27. The van der Waals surface area contributed by atoms with Gasteiger partial charge in [-0.05, 0) is 48.9 Å². The molecule has 126 valence electrons. The van der Waals surface area contributed by atoms with Crippen molar-refractivity contribution in [2.24, 2.45) is 0 Å². The van der Waals surface area contributed by atoms with Crippen molar-refractivity contribution >= 4 is 23.6 Å². The minimum atomic E-state index is -0.194. The summed E-state index contributed by atoms with van der Waals surface area (Å²) in [7, 11) is 1.61. The lowest BCUT2D eigenvalue weighted by atomic mass is 10.2. The van der Waals surface area contributed by atoms with Gasteiger partial charge in [-0.25, -0.2) is 0 Å². The Balaban J connectivity index is 1.79. The molecule has 0 heterocycles. The Bertz CT molecular complexity index is 698. The molecule has 0 bridgehead atoms. The molecule has 1 amide bonds. The van der Waals surface area contributed by atoms with E-state index in [1.807, 2.05) is 49.4 Å². The van der Waals surface area contributed by atoms with E-state index in [2.05, 4.69) is 5.32 Å². The summed E-state index contributed by atoms with van der Waals surface area (Å²) in [6.07, 6.45) is 3.15. The first-order valence-electron chi connectivity index (χ1n) is 7.58. The molecule has 4 nitrogen and oxygen atoms in total. The SMILES string of the molecule is COc1ccc(OCC(C)NC(=O)/C=C/c2ccccc2Cl)cc1. The fraction of sp³-hybridized carbons (Fsp3) is 0.211. The molecule has 0 radical (unpaired) electrons. The van der Waals surface area contributed by atoms with Crippen molar-refractivity contribution in [1.29, 1.82) is 0 Å². The first-order valence-corrected chi connectivity index (χ1v) is 7.96. The number of carbonyl (C=O) groups excluding carboxylic acids is 1. The average molecular weight is 346 g/mol. The number of benzene rings is 2. The van der Waals surface area contributed by atoms with E-state index < -0.39 is 0 Å². The van der Waals surface area contributed by atoms with Crippen LogP contribution in [0.5, 0.6) is 11.5 Å². The number of hydrogen-bond donors (Lipinski definition) is 1. The molecule has 2 aromatic carbocycles. The highest BCUT2D eigenvalue weighted by atomic mass is 35.5. The largest absolute Gasteiger partial charge is 0.497 e. The normalized spacial score (nSPS) is 12.0. The number of amides is 1. The third-order valence-corrected chi connectivity index (χ3v) is 3.61. The molecule has 0 aromatic heterocycles. The van der Waals surface area contributed by atoms with Crippen LogP contribution in [0.15, 0.2) is 54.6 Å². The number of halogens is 1. The fourth-order valence-corrected chi connectivity index (χ4v) is 2.20. The topological polar surface area (TPSA) is 47.6 Å². The van der Waals surface area contributed by atoms with E-state index in [9.17, 15) is 4.79 Å². The van der Waals surface area contributed by atoms with Crippen molar-refractivity contribution in [1.82, 2.24) is 5.32 Å². The van der Waals surface area contributed by atoms with E-state index in [1.165, 1.54) is 6.08 Å². The lowest BCUT2D eigenvalue weighted by molar-refractivity contribution is -0.117. The van der Waals surface area contributed by atoms with Crippen molar-refractivity contribution in [3.8, 4) is 11.5 Å². The van der Waals surface area contributed by atoms with Crippen molar-refractivity contribution < 1.29 is 14.3 Å². The highest BCUT2D eigenvalue weighted by Gasteiger charge is 2.06. The van der Waals surface area contributed by atoms with E-state index in [4.69, 9.17) is 21.1 Å². The molecule has 0 aliphatic heterocycles. The van der Waals surface area contributed by atoms with Gasteiger partial charge in [-0.2, -0.15) is 0 Å². The molecule has 2 rings (SSSR count). The number of nitrogens with one attached hydrogen (secondary N) is 1. The van der Waals surface area contributed by atoms with Gasteiger partial charge in [-0.15, -0.1) is 0 Å². The number of methoxy groups -OCH3 is 1. The van der Waals surface area contributed by atoms with E-state index >= 15 is 0 Å². The lowest BCUT2D eigenvalue weighted by Gasteiger charge is -2.14. The van der Waals surface area contributed by atoms with E-state index in [0.717, 1.165) is 17.1 Å². The van der Waals surface area contributed by atoms with Crippen LogP contribution in [0.1, 0.15) is 12.5 Å². The highest BCUT2D eigenvalue weighted by Crippen LogP contribution is 2.17. The second-order valence-corrected chi connectivity index (χ2v) is 5.66. The quantitative estimate of drug-likeness (QED) is 0.773. The number of hydrogen-bond acceptors (Lipinski definition) is 3. The van der Waals surface area contributed by atoms with E-state index in [1.54, 1.807) is 19.3 Å². The molecule has 0 aliphatic rings. The summed E-state index contributed by atoms with van der Waals surface area (Å²) in [6, 6.07) is 14.5. The summed E-state index contributed by atoms with van der Waals surface area (Å²) in [6.45, 7) is 2.25. The Kier molecular flexibility index (Phi) is 6.70. The third kappa shape index (κ3) is 5.63. The lowest BCUT2D eigenvalue weighted by Crippen LogP contribution is -2.35. The summed E-state index contributed by atoms with van der Waals surface area (Å²) in [5, 5.41) is 3.45. The number of rotatable bonds is 7. The molecular formula is C19H20ClNO3. The van der Waals surface area contributed by atoms with Gasteiger partial charge in [0.15, 0.2) is 0 Å². The van der Waals surface area contributed by atoms with Crippen LogP contribution in [0.2, 0.25) is 5.02 Å². The first-order chi connectivity index (χ1) is 11.6. The molecule has 0 spiro atoms. The minimum absolute atomic E-state index is 0.129. The van der Waals surface area contributed by atoms with Gasteiger partial charge in [0.1, 0.15) is 18.1 Å². The maximum atomic E-state index is 11.9. The predicted octanol–water partition coefficient (Wildman–Crippen LogP) is 3.95. The van der Waals surface area contributed by atoms with Crippen LogP contribution in [0.3, 0.4) is 0 Å². The molecule has 0 aliphatic carbocycles. The molecule has 2 aromatic rings. The minimum Gasteiger partial charge on any atom is -0.497 e. The Morgan fingerprint density at radius 3 is 2.50 bits per heavy atom. The molecule has 1 unspecified atom stereocenters. The zero-order valence-corrected chi connectivity index (χ0v) is 14.4. The van der Waals surface area contributed by atoms with Gasteiger partial charge in [0.2, 0.25) is 5.91 Å². The molecular weight excluding hydrogens is 326 g/mol. The van der Waals surface area contributed by atoms with Crippen LogP contribution in [0.4, 0.5) is 0 Å². The van der Waals surface area contributed by atoms with E-state index in [0.29, 0.717) is 11.6 Å². The molecule has 5 heteroatoms. The van der Waals surface area contributed by atoms with Gasteiger partial charge < -0.3 is 14.8 Å². The zero-order chi connectivity index (χ0) is 17.4. The zero-order valence-electron chi connectivity index (χ0n) is 13.7. The van der Waals surface area contributed by atoms with Gasteiger partial charge in [0.05, 0.1) is 13.2 Å².